The molecule has 3 heterocycles. The number of rotatable bonds is 2. The fourth-order valence-corrected chi connectivity index (χ4v) is 3.81. The average Bonchev–Trinajstić information content (AvgIpc) is 3.01. The highest BCUT2D eigenvalue weighted by Gasteiger charge is 2.27. The molecular formula is C17H18N4OS. The molecule has 23 heavy (non-hydrogen) atoms. The van der Waals surface area contributed by atoms with E-state index in [1.54, 1.807) is 30.4 Å². The van der Waals surface area contributed by atoms with E-state index in [1.807, 2.05) is 11.8 Å². The Bertz CT molecular complexity index is 777. The van der Waals surface area contributed by atoms with Gasteiger partial charge in [0.2, 0.25) is 0 Å². The Morgan fingerprint density at radius 1 is 1.39 bits per heavy atom. The van der Waals surface area contributed by atoms with Gasteiger partial charge in [0.25, 0.3) is 5.91 Å². The number of hydrogen-bond acceptors (Lipinski definition) is 5. The average molecular weight is 326 g/mol. The second-order valence-electron chi connectivity index (χ2n) is 5.86. The van der Waals surface area contributed by atoms with Crippen LogP contribution in [0.4, 0.5) is 0 Å². The molecule has 1 aliphatic heterocycles. The van der Waals surface area contributed by atoms with Crippen LogP contribution in [0.2, 0.25) is 0 Å². The summed E-state index contributed by atoms with van der Waals surface area (Å²) in [6, 6.07) is 5.39. The summed E-state index contributed by atoms with van der Waals surface area (Å²) < 4.78 is 0. The first-order valence-corrected chi connectivity index (χ1v) is 8.55. The molecule has 0 spiro atoms. The molecule has 3 rings (SSSR count). The van der Waals surface area contributed by atoms with Gasteiger partial charge in [-0.1, -0.05) is 0 Å². The lowest BCUT2D eigenvalue weighted by molar-refractivity contribution is 0.0701. The van der Waals surface area contributed by atoms with E-state index < -0.39 is 0 Å². The summed E-state index contributed by atoms with van der Waals surface area (Å²) in [5, 5.41) is 12.1. The molecule has 0 aromatic carbocycles. The van der Waals surface area contributed by atoms with E-state index in [0.717, 1.165) is 30.1 Å². The Balaban J connectivity index is 1.77. The number of carbonyl (C=O) groups excluding carboxylic acids is 1. The minimum absolute atomic E-state index is 0.0597. The van der Waals surface area contributed by atoms with Crippen molar-refractivity contribution in [1.29, 1.82) is 5.26 Å². The molecule has 0 bridgehead atoms. The molecule has 1 atom stereocenters. The van der Waals surface area contributed by atoms with E-state index in [-0.39, 0.29) is 5.91 Å². The van der Waals surface area contributed by atoms with Gasteiger partial charge in [-0.15, -0.1) is 11.3 Å². The lowest BCUT2D eigenvalue weighted by atomic mass is 9.98. The van der Waals surface area contributed by atoms with Crippen molar-refractivity contribution in [3.63, 3.8) is 0 Å². The number of hydrogen-bond donors (Lipinski definition) is 0. The number of carbonyl (C=O) groups is 1. The van der Waals surface area contributed by atoms with Crippen LogP contribution in [0, 0.1) is 25.2 Å². The summed E-state index contributed by atoms with van der Waals surface area (Å²) >= 11 is 1.67. The summed E-state index contributed by atoms with van der Waals surface area (Å²) in [6.07, 6.45) is 2.04. The van der Waals surface area contributed by atoms with Gasteiger partial charge in [-0.2, -0.15) is 5.26 Å². The van der Waals surface area contributed by atoms with E-state index in [4.69, 9.17) is 5.26 Å². The number of thiazole rings is 1. The van der Waals surface area contributed by atoms with Crippen molar-refractivity contribution in [3.05, 3.63) is 45.2 Å². The first-order chi connectivity index (χ1) is 11.1. The molecular weight excluding hydrogens is 308 g/mol. The first-order valence-electron chi connectivity index (χ1n) is 7.67. The molecule has 0 N–H and O–H groups in total. The van der Waals surface area contributed by atoms with Gasteiger partial charge in [0.1, 0.15) is 11.8 Å². The van der Waals surface area contributed by atoms with Gasteiger partial charge < -0.3 is 4.90 Å². The Labute approximate surface area is 139 Å². The van der Waals surface area contributed by atoms with Crippen LogP contribution in [0.5, 0.6) is 0 Å². The predicted octanol–water partition coefficient (Wildman–Crippen LogP) is 3.05. The Kier molecular flexibility index (Phi) is 4.39. The first kappa shape index (κ1) is 15.6. The van der Waals surface area contributed by atoms with Crippen LogP contribution in [0.3, 0.4) is 0 Å². The molecule has 2 aromatic rings. The maximum Gasteiger partial charge on any atom is 0.272 e. The standard InChI is InChI=1S/C17H18N4OS/c1-11-10-23-16(19-11)14-4-3-7-21(9-14)17(22)15-6-5-13(8-18)12(2)20-15/h5-6,10,14H,3-4,7,9H2,1-2H3/t14-/m0/s1. The monoisotopic (exact) mass is 326 g/mol. The third-order valence-corrected chi connectivity index (χ3v) is 5.25. The minimum Gasteiger partial charge on any atom is -0.337 e. The van der Waals surface area contributed by atoms with Crippen LogP contribution < -0.4 is 0 Å². The van der Waals surface area contributed by atoms with Gasteiger partial charge in [0.05, 0.1) is 16.3 Å². The van der Waals surface area contributed by atoms with Gasteiger partial charge in [-0.25, -0.2) is 9.97 Å². The highest BCUT2D eigenvalue weighted by atomic mass is 32.1. The Hall–Kier alpha value is -2.26. The zero-order valence-corrected chi connectivity index (χ0v) is 14.1. The third kappa shape index (κ3) is 3.25. The maximum absolute atomic E-state index is 12.7. The number of amides is 1. The predicted molar refractivity (Wildman–Crippen MR) is 88.4 cm³/mol. The Morgan fingerprint density at radius 3 is 2.87 bits per heavy atom. The van der Waals surface area contributed by atoms with E-state index in [2.05, 4.69) is 21.4 Å². The number of piperidine rings is 1. The zero-order chi connectivity index (χ0) is 16.4. The molecule has 1 amide bonds. The number of pyridine rings is 1. The number of nitriles is 1. The van der Waals surface area contributed by atoms with Crippen molar-refractivity contribution >= 4 is 17.2 Å². The molecule has 1 aliphatic rings. The van der Waals surface area contributed by atoms with Crippen molar-refractivity contribution in [2.45, 2.75) is 32.6 Å². The lowest BCUT2D eigenvalue weighted by Gasteiger charge is -2.31. The minimum atomic E-state index is -0.0597. The fraction of sp³-hybridized carbons (Fsp3) is 0.412. The normalized spacial score (nSPS) is 17.8. The highest BCUT2D eigenvalue weighted by molar-refractivity contribution is 7.09. The zero-order valence-electron chi connectivity index (χ0n) is 13.2. The van der Waals surface area contributed by atoms with Crippen molar-refractivity contribution < 1.29 is 4.79 Å². The van der Waals surface area contributed by atoms with Gasteiger partial charge in [0, 0.05) is 30.1 Å². The van der Waals surface area contributed by atoms with Crippen molar-refractivity contribution in [2.24, 2.45) is 0 Å². The molecule has 5 nitrogen and oxygen atoms in total. The number of likely N-dealkylation sites (tertiary alicyclic amines) is 1. The summed E-state index contributed by atoms with van der Waals surface area (Å²) in [4.78, 5) is 23.4. The molecule has 1 saturated heterocycles. The number of nitrogens with zero attached hydrogens (tertiary/aromatic N) is 4. The Morgan fingerprint density at radius 2 is 2.22 bits per heavy atom. The van der Waals surface area contributed by atoms with Crippen LogP contribution in [0.15, 0.2) is 17.5 Å². The molecule has 0 saturated carbocycles. The molecule has 2 aromatic heterocycles. The number of aromatic nitrogens is 2. The maximum atomic E-state index is 12.7. The number of aryl methyl sites for hydroxylation is 2. The second kappa shape index (κ2) is 6.47. The van der Waals surface area contributed by atoms with E-state index in [1.165, 1.54) is 0 Å². The van der Waals surface area contributed by atoms with Gasteiger partial charge in [-0.05, 0) is 38.8 Å². The van der Waals surface area contributed by atoms with Crippen LogP contribution in [-0.2, 0) is 0 Å². The van der Waals surface area contributed by atoms with E-state index >= 15 is 0 Å². The van der Waals surface area contributed by atoms with Gasteiger partial charge in [0.15, 0.2) is 0 Å². The van der Waals surface area contributed by atoms with Crippen LogP contribution in [0.1, 0.15) is 51.2 Å². The fourth-order valence-electron chi connectivity index (χ4n) is 2.88. The summed E-state index contributed by atoms with van der Waals surface area (Å²) in [6.45, 7) is 5.19. The molecule has 6 heteroatoms. The van der Waals surface area contributed by atoms with Gasteiger partial charge >= 0.3 is 0 Å². The topological polar surface area (TPSA) is 69.9 Å². The molecule has 0 aliphatic carbocycles. The highest BCUT2D eigenvalue weighted by Crippen LogP contribution is 2.29. The molecule has 0 radical (unpaired) electrons. The summed E-state index contributed by atoms with van der Waals surface area (Å²) in [7, 11) is 0. The molecule has 1 fully saturated rings. The smallest absolute Gasteiger partial charge is 0.272 e. The van der Waals surface area contributed by atoms with Crippen LogP contribution >= 0.6 is 11.3 Å². The van der Waals surface area contributed by atoms with Crippen molar-refractivity contribution in [3.8, 4) is 6.07 Å². The van der Waals surface area contributed by atoms with Crippen LogP contribution in [0.25, 0.3) is 0 Å². The quantitative estimate of drug-likeness (QED) is 0.850. The third-order valence-electron chi connectivity index (χ3n) is 4.12. The molecule has 0 unspecified atom stereocenters. The lowest BCUT2D eigenvalue weighted by Crippen LogP contribution is -2.39. The molecule has 118 valence electrons. The summed E-state index contributed by atoms with van der Waals surface area (Å²) in [5.41, 5.74) is 2.56. The van der Waals surface area contributed by atoms with E-state index in [0.29, 0.717) is 29.4 Å². The largest absolute Gasteiger partial charge is 0.337 e. The van der Waals surface area contributed by atoms with Crippen molar-refractivity contribution in [1.82, 2.24) is 14.9 Å². The van der Waals surface area contributed by atoms with Crippen molar-refractivity contribution in [2.75, 3.05) is 13.1 Å². The van der Waals surface area contributed by atoms with Crippen LogP contribution in [-0.4, -0.2) is 33.9 Å². The SMILES string of the molecule is Cc1csc([C@H]2CCCN(C(=O)c3ccc(C#N)c(C)n3)C2)n1. The summed E-state index contributed by atoms with van der Waals surface area (Å²) in [5.74, 6) is 0.251. The van der Waals surface area contributed by atoms with Gasteiger partial charge in [-0.3, -0.25) is 4.79 Å². The van der Waals surface area contributed by atoms with E-state index in [9.17, 15) is 4.79 Å². The second-order valence-corrected chi connectivity index (χ2v) is 6.75.